The fourth-order valence-corrected chi connectivity index (χ4v) is 2.29. The van der Waals surface area contributed by atoms with Crippen LogP contribution in [0.4, 0.5) is 10.5 Å². The zero-order chi connectivity index (χ0) is 15.2. The van der Waals surface area contributed by atoms with Crippen molar-refractivity contribution in [2.24, 2.45) is 0 Å². The summed E-state index contributed by atoms with van der Waals surface area (Å²) in [7, 11) is 0. The monoisotopic (exact) mass is 291 g/mol. The van der Waals surface area contributed by atoms with Gasteiger partial charge in [0.1, 0.15) is 0 Å². The molecule has 110 valence electrons. The SMILES string of the molecule is O=C(NCCc1ccccc1)Nc1ccc2ncccc2c1. The Morgan fingerprint density at radius 3 is 2.73 bits per heavy atom. The molecular weight excluding hydrogens is 274 g/mol. The van der Waals surface area contributed by atoms with Crippen LogP contribution in [0.1, 0.15) is 5.56 Å². The minimum atomic E-state index is -0.195. The zero-order valence-corrected chi connectivity index (χ0v) is 12.1. The molecule has 2 N–H and O–H groups in total. The molecule has 1 heterocycles. The summed E-state index contributed by atoms with van der Waals surface area (Å²) in [6.45, 7) is 0.602. The van der Waals surface area contributed by atoms with Gasteiger partial charge in [0.25, 0.3) is 0 Å². The molecule has 0 atom stereocenters. The predicted octanol–water partition coefficient (Wildman–Crippen LogP) is 3.60. The molecule has 4 nitrogen and oxygen atoms in total. The maximum Gasteiger partial charge on any atom is 0.319 e. The van der Waals surface area contributed by atoms with E-state index in [1.165, 1.54) is 5.56 Å². The molecule has 0 spiro atoms. The highest BCUT2D eigenvalue weighted by Gasteiger charge is 2.02. The van der Waals surface area contributed by atoms with Crippen LogP contribution in [-0.4, -0.2) is 17.6 Å². The predicted molar refractivity (Wildman–Crippen MR) is 88.9 cm³/mol. The number of fused-ring (bicyclic) bond motifs is 1. The molecule has 0 radical (unpaired) electrons. The van der Waals surface area contributed by atoms with Crippen LogP contribution in [0.5, 0.6) is 0 Å². The first kappa shape index (κ1) is 14.1. The number of rotatable bonds is 4. The van der Waals surface area contributed by atoms with Gasteiger partial charge in [0.15, 0.2) is 0 Å². The van der Waals surface area contributed by atoms with Gasteiger partial charge in [-0.3, -0.25) is 4.98 Å². The number of hydrogen-bond acceptors (Lipinski definition) is 2. The Kier molecular flexibility index (Phi) is 4.30. The average molecular weight is 291 g/mol. The molecule has 2 aromatic carbocycles. The Morgan fingerprint density at radius 1 is 1.00 bits per heavy atom. The molecule has 0 aliphatic heterocycles. The van der Waals surface area contributed by atoms with Crippen LogP contribution in [-0.2, 0) is 6.42 Å². The molecule has 0 saturated heterocycles. The molecule has 1 aromatic heterocycles. The van der Waals surface area contributed by atoms with Crippen molar-refractivity contribution < 1.29 is 4.79 Å². The number of hydrogen-bond donors (Lipinski definition) is 2. The number of carbonyl (C=O) groups is 1. The van der Waals surface area contributed by atoms with E-state index in [4.69, 9.17) is 0 Å². The lowest BCUT2D eigenvalue weighted by atomic mass is 10.1. The van der Waals surface area contributed by atoms with E-state index in [0.717, 1.165) is 23.0 Å². The smallest absolute Gasteiger partial charge is 0.319 e. The fraction of sp³-hybridized carbons (Fsp3) is 0.111. The van der Waals surface area contributed by atoms with Gasteiger partial charge in [0, 0.05) is 23.8 Å². The van der Waals surface area contributed by atoms with Gasteiger partial charge in [0.05, 0.1) is 5.52 Å². The Bertz CT molecular complexity index is 771. The molecule has 4 heteroatoms. The molecule has 0 saturated carbocycles. The summed E-state index contributed by atoms with van der Waals surface area (Å²) >= 11 is 0. The lowest BCUT2D eigenvalue weighted by Crippen LogP contribution is -2.30. The first-order valence-corrected chi connectivity index (χ1v) is 7.25. The Labute approximate surface area is 129 Å². The first-order valence-electron chi connectivity index (χ1n) is 7.25. The third kappa shape index (κ3) is 3.61. The number of urea groups is 1. The van der Waals surface area contributed by atoms with Crippen LogP contribution < -0.4 is 10.6 Å². The van der Waals surface area contributed by atoms with Gasteiger partial charge in [0.2, 0.25) is 0 Å². The van der Waals surface area contributed by atoms with Gasteiger partial charge >= 0.3 is 6.03 Å². The molecule has 0 aliphatic rings. The van der Waals surface area contributed by atoms with E-state index < -0.39 is 0 Å². The van der Waals surface area contributed by atoms with Gasteiger partial charge in [-0.25, -0.2) is 4.79 Å². The van der Waals surface area contributed by atoms with Crippen molar-refractivity contribution in [1.29, 1.82) is 0 Å². The van der Waals surface area contributed by atoms with Gasteiger partial charge in [-0.1, -0.05) is 36.4 Å². The maximum absolute atomic E-state index is 11.9. The minimum absolute atomic E-state index is 0.195. The lowest BCUT2D eigenvalue weighted by molar-refractivity contribution is 0.252. The minimum Gasteiger partial charge on any atom is -0.338 e. The number of nitrogens with zero attached hydrogens (tertiary/aromatic N) is 1. The van der Waals surface area contributed by atoms with Crippen LogP contribution in [0.15, 0.2) is 66.9 Å². The largest absolute Gasteiger partial charge is 0.338 e. The van der Waals surface area contributed by atoms with Crippen molar-refractivity contribution in [3.8, 4) is 0 Å². The molecule has 3 aromatic rings. The zero-order valence-electron chi connectivity index (χ0n) is 12.1. The average Bonchev–Trinajstić information content (AvgIpc) is 2.56. The van der Waals surface area contributed by atoms with E-state index in [1.54, 1.807) is 6.20 Å². The Morgan fingerprint density at radius 2 is 1.86 bits per heavy atom. The summed E-state index contributed by atoms with van der Waals surface area (Å²) in [4.78, 5) is 16.2. The van der Waals surface area contributed by atoms with Crippen molar-refractivity contribution in [2.45, 2.75) is 6.42 Å². The van der Waals surface area contributed by atoms with Crippen molar-refractivity contribution in [2.75, 3.05) is 11.9 Å². The summed E-state index contributed by atoms with van der Waals surface area (Å²) in [5.41, 5.74) is 2.88. The maximum atomic E-state index is 11.9. The van der Waals surface area contributed by atoms with E-state index in [2.05, 4.69) is 27.8 Å². The number of amides is 2. The first-order chi connectivity index (χ1) is 10.8. The van der Waals surface area contributed by atoms with Gasteiger partial charge in [-0.05, 0) is 36.2 Å². The van der Waals surface area contributed by atoms with Gasteiger partial charge < -0.3 is 10.6 Å². The summed E-state index contributed by atoms with van der Waals surface area (Å²) < 4.78 is 0. The van der Waals surface area contributed by atoms with Crippen molar-refractivity contribution >= 4 is 22.6 Å². The summed E-state index contributed by atoms with van der Waals surface area (Å²) in [5.74, 6) is 0. The molecular formula is C18H17N3O. The van der Waals surface area contributed by atoms with Crippen LogP contribution >= 0.6 is 0 Å². The van der Waals surface area contributed by atoms with Crippen molar-refractivity contribution in [3.05, 3.63) is 72.4 Å². The number of benzene rings is 2. The summed E-state index contributed by atoms with van der Waals surface area (Å²) in [6, 6.07) is 19.4. The molecule has 22 heavy (non-hydrogen) atoms. The van der Waals surface area contributed by atoms with E-state index >= 15 is 0 Å². The third-order valence-corrected chi connectivity index (χ3v) is 3.40. The number of nitrogens with one attached hydrogen (secondary N) is 2. The summed E-state index contributed by atoms with van der Waals surface area (Å²) in [5, 5.41) is 6.71. The molecule has 2 amide bonds. The number of pyridine rings is 1. The van der Waals surface area contributed by atoms with E-state index in [-0.39, 0.29) is 6.03 Å². The second kappa shape index (κ2) is 6.72. The normalized spacial score (nSPS) is 10.4. The number of anilines is 1. The Balaban J connectivity index is 1.54. The van der Waals surface area contributed by atoms with Crippen LogP contribution in [0.2, 0.25) is 0 Å². The molecule has 0 bridgehead atoms. The lowest BCUT2D eigenvalue weighted by Gasteiger charge is -2.08. The third-order valence-electron chi connectivity index (χ3n) is 3.40. The molecule has 3 rings (SSSR count). The second-order valence-electron chi connectivity index (χ2n) is 5.03. The van der Waals surface area contributed by atoms with Crippen LogP contribution in [0.3, 0.4) is 0 Å². The molecule has 0 fully saturated rings. The van der Waals surface area contributed by atoms with Crippen LogP contribution in [0, 0.1) is 0 Å². The van der Waals surface area contributed by atoms with Gasteiger partial charge in [-0.2, -0.15) is 0 Å². The van der Waals surface area contributed by atoms with Crippen LogP contribution in [0.25, 0.3) is 10.9 Å². The highest BCUT2D eigenvalue weighted by Crippen LogP contribution is 2.16. The summed E-state index contributed by atoms with van der Waals surface area (Å²) in [6.07, 6.45) is 2.57. The number of aromatic nitrogens is 1. The topological polar surface area (TPSA) is 54.0 Å². The number of carbonyl (C=O) groups excluding carboxylic acids is 1. The van der Waals surface area contributed by atoms with E-state index in [0.29, 0.717) is 6.54 Å². The van der Waals surface area contributed by atoms with Crippen molar-refractivity contribution in [1.82, 2.24) is 10.3 Å². The van der Waals surface area contributed by atoms with Gasteiger partial charge in [-0.15, -0.1) is 0 Å². The highest BCUT2D eigenvalue weighted by atomic mass is 16.2. The quantitative estimate of drug-likeness (QED) is 0.771. The molecule has 0 unspecified atom stereocenters. The van der Waals surface area contributed by atoms with E-state index in [9.17, 15) is 4.79 Å². The van der Waals surface area contributed by atoms with Crippen molar-refractivity contribution in [3.63, 3.8) is 0 Å². The van der Waals surface area contributed by atoms with E-state index in [1.807, 2.05) is 48.5 Å². The highest BCUT2D eigenvalue weighted by molar-refractivity contribution is 5.92. The standard InChI is InChI=1S/C18H17N3O/c22-18(20-12-10-14-5-2-1-3-6-14)21-16-8-9-17-15(13-16)7-4-11-19-17/h1-9,11,13H,10,12H2,(H2,20,21,22). The second-order valence-corrected chi connectivity index (χ2v) is 5.03. The Hall–Kier alpha value is -2.88. The molecule has 0 aliphatic carbocycles. The fourth-order valence-electron chi connectivity index (χ4n) is 2.29.